The van der Waals surface area contributed by atoms with Gasteiger partial charge in [-0.15, -0.1) is 11.8 Å². The summed E-state index contributed by atoms with van der Waals surface area (Å²) >= 11 is 1.68. The van der Waals surface area contributed by atoms with E-state index in [2.05, 4.69) is 35.2 Å². The van der Waals surface area contributed by atoms with E-state index in [9.17, 15) is 14.8 Å². The highest BCUT2D eigenvalue weighted by atomic mass is 32.2. The third kappa shape index (κ3) is 5.51. The first kappa shape index (κ1) is 26.8. The fraction of sp³-hybridized carbons (Fsp3) is 0.567. The minimum atomic E-state index is -1.52. The van der Waals surface area contributed by atoms with Crippen LogP contribution in [0.4, 0.5) is 0 Å². The molecule has 7 heteroatoms. The lowest BCUT2D eigenvalue weighted by atomic mass is 9.63. The highest BCUT2D eigenvalue weighted by Gasteiger charge is 2.53. The van der Waals surface area contributed by atoms with Crippen molar-refractivity contribution in [3.8, 4) is 0 Å². The van der Waals surface area contributed by atoms with Crippen LogP contribution in [0.15, 0.2) is 47.4 Å². The number of piperidine rings is 1. The Morgan fingerprint density at radius 2 is 1.62 bits per heavy atom. The number of carbonyl (C=O) groups excluding carboxylic acids is 1. The molecule has 2 aromatic rings. The molecule has 1 unspecified atom stereocenters. The number of thioether (sulfide) groups is 1. The summed E-state index contributed by atoms with van der Waals surface area (Å²) in [6, 6.07) is 14.4. The molecule has 0 radical (unpaired) electrons. The van der Waals surface area contributed by atoms with E-state index in [1.807, 2.05) is 12.1 Å². The van der Waals surface area contributed by atoms with Crippen molar-refractivity contribution in [2.24, 2.45) is 5.73 Å². The number of hydrogen-bond donors (Lipinski definition) is 3. The molecule has 1 saturated carbocycles. The fourth-order valence-corrected chi connectivity index (χ4v) is 8.71. The minimum absolute atomic E-state index is 0.195. The third-order valence-electron chi connectivity index (χ3n) is 9.02. The summed E-state index contributed by atoms with van der Waals surface area (Å²) in [5.41, 5.74) is 9.67. The van der Waals surface area contributed by atoms with Gasteiger partial charge < -0.3 is 20.7 Å². The van der Waals surface area contributed by atoms with Gasteiger partial charge in [0, 0.05) is 29.9 Å². The molecule has 1 spiro atoms. The Morgan fingerprint density at radius 1 is 0.973 bits per heavy atom. The van der Waals surface area contributed by atoms with Crippen molar-refractivity contribution in [1.29, 1.82) is 0 Å². The molecule has 2 aromatic carbocycles. The second kappa shape index (κ2) is 11.9. The molecule has 5 nitrogen and oxygen atoms in total. The molecule has 0 aromatic heterocycles. The zero-order valence-electron chi connectivity index (χ0n) is 21.9. The van der Waals surface area contributed by atoms with Gasteiger partial charge in [0.05, 0.1) is 5.25 Å². The van der Waals surface area contributed by atoms with E-state index >= 15 is 0 Å². The first-order valence-corrected chi connectivity index (χ1v) is 15.2. The maximum absolute atomic E-state index is 14.3. The lowest BCUT2D eigenvalue weighted by Crippen LogP contribution is -2.51. The Balaban J connectivity index is 1.40. The second-order valence-corrected chi connectivity index (χ2v) is 12.4. The van der Waals surface area contributed by atoms with Crippen LogP contribution < -0.4 is 11.2 Å². The monoisotopic (exact) mass is 520 g/mol. The van der Waals surface area contributed by atoms with Crippen LogP contribution in [-0.4, -0.2) is 46.3 Å². The molecule has 4 N–H and O–H groups in total. The lowest BCUT2D eigenvalue weighted by molar-refractivity contribution is -0.133. The van der Waals surface area contributed by atoms with Crippen molar-refractivity contribution in [2.45, 2.75) is 98.7 Å². The number of carbonyl (C=O) groups is 1. The Bertz CT molecular complexity index is 1080. The standard InChI is InChI=1S/C30H41BN2O3S/c32-21-22-10-8-11-24(20-22)23-14-18-33(19-15-23)29(34)28-30(16-6-4-2-1-3-5-7-17-30)27-25(31(35)36)12-9-13-26(27)37-28/h8-13,20,23,28,35-36H,1-7,14-19,21,32H2. The molecule has 0 bridgehead atoms. The predicted octanol–water partition coefficient (Wildman–Crippen LogP) is 4.47. The average molecular weight is 521 g/mol. The molecule has 2 heterocycles. The summed E-state index contributed by atoms with van der Waals surface area (Å²) in [7, 11) is -1.52. The van der Waals surface area contributed by atoms with Crippen LogP contribution in [0.2, 0.25) is 0 Å². The van der Waals surface area contributed by atoms with E-state index < -0.39 is 7.12 Å². The Kier molecular flexibility index (Phi) is 8.65. The molecule has 5 rings (SSSR count). The molecule has 1 amide bonds. The highest BCUT2D eigenvalue weighted by molar-refractivity contribution is 8.01. The lowest BCUT2D eigenvalue weighted by Gasteiger charge is -2.41. The number of amides is 1. The van der Waals surface area contributed by atoms with E-state index in [0.717, 1.165) is 67.6 Å². The highest BCUT2D eigenvalue weighted by Crippen LogP contribution is 2.55. The van der Waals surface area contributed by atoms with Crippen molar-refractivity contribution >= 4 is 30.3 Å². The van der Waals surface area contributed by atoms with Crippen LogP contribution in [0.3, 0.4) is 0 Å². The number of hydrogen-bond acceptors (Lipinski definition) is 5. The van der Waals surface area contributed by atoms with E-state index in [1.165, 1.54) is 37.7 Å². The van der Waals surface area contributed by atoms with Gasteiger partial charge >= 0.3 is 7.12 Å². The van der Waals surface area contributed by atoms with Crippen LogP contribution in [0, 0.1) is 0 Å². The predicted molar refractivity (Wildman–Crippen MR) is 152 cm³/mol. The Hall–Kier alpha value is -1.80. The maximum atomic E-state index is 14.3. The number of benzene rings is 2. The van der Waals surface area contributed by atoms with Crippen LogP contribution in [0.5, 0.6) is 0 Å². The van der Waals surface area contributed by atoms with E-state index in [1.54, 1.807) is 11.8 Å². The van der Waals surface area contributed by atoms with Crippen LogP contribution in [0.1, 0.15) is 93.2 Å². The van der Waals surface area contributed by atoms with Gasteiger partial charge in [-0.25, -0.2) is 0 Å². The van der Waals surface area contributed by atoms with Crippen LogP contribution in [0.25, 0.3) is 0 Å². The molecule has 3 aliphatic rings. The van der Waals surface area contributed by atoms with Crippen molar-refractivity contribution < 1.29 is 14.8 Å². The first-order chi connectivity index (χ1) is 18.0. The molecular formula is C30H41BN2O3S. The SMILES string of the molecule is NCc1cccc(C2CCN(C(=O)C3Sc4cccc(B(O)O)c4C34CCCCCCCCC4)CC2)c1. The minimum Gasteiger partial charge on any atom is -0.423 e. The van der Waals surface area contributed by atoms with Crippen LogP contribution in [-0.2, 0) is 16.8 Å². The fourth-order valence-electron chi connectivity index (χ4n) is 7.03. The van der Waals surface area contributed by atoms with Gasteiger partial charge in [-0.3, -0.25) is 4.79 Å². The maximum Gasteiger partial charge on any atom is 0.488 e. The zero-order chi connectivity index (χ0) is 25.8. The average Bonchev–Trinajstić information content (AvgIpc) is 3.26. The summed E-state index contributed by atoms with van der Waals surface area (Å²) < 4.78 is 0. The van der Waals surface area contributed by atoms with Crippen molar-refractivity contribution in [3.63, 3.8) is 0 Å². The Labute approximate surface area is 226 Å². The smallest absolute Gasteiger partial charge is 0.423 e. The number of nitrogens with zero attached hydrogens (tertiary/aromatic N) is 1. The van der Waals surface area contributed by atoms with Gasteiger partial charge in [0.15, 0.2) is 0 Å². The van der Waals surface area contributed by atoms with Gasteiger partial charge in [-0.05, 0) is 59.8 Å². The molecule has 198 valence electrons. The molecule has 1 saturated heterocycles. The summed E-state index contributed by atoms with van der Waals surface area (Å²) in [5.74, 6) is 0.702. The normalized spacial score (nSPS) is 22.6. The van der Waals surface area contributed by atoms with Crippen molar-refractivity contribution in [2.75, 3.05) is 13.1 Å². The van der Waals surface area contributed by atoms with E-state index in [-0.39, 0.29) is 16.6 Å². The van der Waals surface area contributed by atoms with Gasteiger partial charge in [0.2, 0.25) is 5.91 Å². The summed E-state index contributed by atoms with van der Waals surface area (Å²) in [6.07, 6.45) is 12.1. The van der Waals surface area contributed by atoms with Gasteiger partial charge in [-0.1, -0.05) is 81.3 Å². The number of fused-ring (bicyclic) bond motifs is 2. The van der Waals surface area contributed by atoms with Gasteiger partial charge in [-0.2, -0.15) is 0 Å². The summed E-state index contributed by atoms with van der Waals surface area (Å²) in [5, 5.41) is 20.4. The number of likely N-dealkylation sites (tertiary alicyclic amines) is 1. The van der Waals surface area contributed by atoms with Crippen LogP contribution >= 0.6 is 11.8 Å². The van der Waals surface area contributed by atoms with Crippen molar-refractivity contribution in [1.82, 2.24) is 4.90 Å². The summed E-state index contributed by atoms with van der Waals surface area (Å²) in [4.78, 5) is 17.4. The largest absolute Gasteiger partial charge is 0.488 e. The number of nitrogens with two attached hydrogens (primary N) is 1. The van der Waals surface area contributed by atoms with E-state index in [0.29, 0.717) is 17.9 Å². The molecule has 37 heavy (non-hydrogen) atoms. The second-order valence-electron chi connectivity index (χ2n) is 11.3. The summed E-state index contributed by atoms with van der Waals surface area (Å²) in [6.45, 7) is 2.10. The quantitative estimate of drug-likeness (QED) is 0.518. The van der Waals surface area contributed by atoms with Gasteiger partial charge in [0.25, 0.3) is 0 Å². The molecular weight excluding hydrogens is 479 g/mol. The molecule has 2 fully saturated rings. The topological polar surface area (TPSA) is 86.8 Å². The molecule has 2 aliphatic heterocycles. The Morgan fingerprint density at radius 3 is 2.27 bits per heavy atom. The third-order valence-corrected chi connectivity index (χ3v) is 10.5. The van der Waals surface area contributed by atoms with Crippen molar-refractivity contribution in [3.05, 3.63) is 59.2 Å². The zero-order valence-corrected chi connectivity index (χ0v) is 22.7. The molecule has 1 atom stereocenters. The van der Waals surface area contributed by atoms with Gasteiger partial charge in [0.1, 0.15) is 0 Å². The van der Waals surface area contributed by atoms with E-state index in [4.69, 9.17) is 5.73 Å². The number of rotatable bonds is 4. The molecule has 1 aliphatic carbocycles. The first-order valence-electron chi connectivity index (χ1n) is 14.3.